The highest BCUT2D eigenvalue weighted by Gasteiger charge is 2.37. The standard InChI is InChI=1S/C15H21N5O4S/c1-9(18-15(22)23)14(21)20-5-3-19(4-6-20)13-12-10(2)25(24)7-11(12)16-8-17-13/h8-10,18H,3-7H2,1-2H3,(H,22,23). The SMILES string of the molecule is CC(NC(=O)O)C(=O)N1CCN(c2ncnc3c2C(C)[S+]([O-])C3)CC1. The Bertz CT molecular complexity index is 680. The summed E-state index contributed by atoms with van der Waals surface area (Å²) < 4.78 is 12.1. The first kappa shape index (κ1) is 17.7. The van der Waals surface area contributed by atoms with Gasteiger partial charge in [0.15, 0.2) is 0 Å². The van der Waals surface area contributed by atoms with Crippen LogP contribution in [0.5, 0.6) is 0 Å². The van der Waals surface area contributed by atoms with Crippen LogP contribution in [0.1, 0.15) is 30.4 Å². The summed E-state index contributed by atoms with van der Waals surface area (Å²) in [6.45, 7) is 5.62. The molecule has 3 heterocycles. The molecule has 2 amide bonds. The quantitative estimate of drug-likeness (QED) is 0.727. The van der Waals surface area contributed by atoms with Crippen LogP contribution in [0.15, 0.2) is 6.33 Å². The van der Waals surface area contributed by atoms with E-state index in [4.69, 9.17) is 5.11 Å². The normalized spacial score (nSPS) is 24.0. The number of hydrogen-bond donors (Lipinski definition) is 2. The molecule has 1 aromatic rings. The molecule has 25 heavy (non-hydrogen) atoms. The highest BCUT2D eigenvalue weighted by Crippen LogP contribution is 2.39. The Morgan fingerprint density at radius 2 is 2.04 bits per heavy atom. The van der Waals surface area contributed by atoms with Crippen molar-refractivity contribution in [3.8, 4) is 0 Å². The average molecular weight is 367 g/mol. The third-order valence-corrected chi connectivity index (χ3v) is 6.21. The van der Waals surface area contributed by atoms with Gasteiger partial charge in [0, 0.05) is 26.2 Å². The molecule has 136 valence electrons. The number of rotatable bonds is 3. The molecule has 1 saturated heterocycles. The number of fused-ring (bicyclic) bond motifs is 1. The Morgan fingerprint density at radius 3 is 2.68 bits per heavy atom. The van der Waals surface area contributed by atoms with E-state index >= 15 is 0 Å². The van der Waals surface area contributed by atoms with Gasteiger partial charge in [0.25, 0.3) is 0 Å². The topological polar surface area (TPSA) is 122 Å². The van der Waals surface area contributed by atoms with Gasteiger partial charge in [-0.05, 0) is 25.0 Å². The van der Waals surface area contributed by atoms with Crippen LogP contribution < -0.4 is 10.2 Å². The Hall–Kier alpha value is -2.07. The van der Waals surface area contributed by atoms with Gasteiger partial charge in [0.05, 0.1) is 5.56 Å². The van der Waals surface area contributed by atoms with Crippen molar-refractivity contribution in [1.29, 1.82) is 0 Å². The molecule has 2 aliphatic rings. The number of piperazine rings is 1. The van der Waals surface area contributed by atoms with Crippen LogP contribution in [-0.4, -0.2) is 68.7 Å². The summed E-state index contributed by atoms with van der Waals surface area (Å²) in [6, 6.07) is -0.769. The fourth-order valence-electron chi connectivity index (χ4n) is 3.26. The minimum absolute atomic E-state index is 0.0920. The Kier molecular flexibility index (Phi) is 5.00. The van der Waals surface area contributed by atoms with E-state index in [1.165, 1.54) is 13.3 Å². The first-order chi connectivity index (χ1) is 11.9. The van der Waals surface area contributed by atoms with Crippen molar-refractivity contribution >= 4 is 29.0 Å². The lowest BCUT2D eigenvalue weighted by atomic mass is 10.1. The molecule has 2 N–H and O–H groups in total. The van der Waals surface area contributed by atoms with Crippen molar-refractivity contribution in [3.63, 3.8) is 0 Å². The molecule has 0 saturated carbocycles. The molecule has 3 unspecified atom stereocenters. The number of carbonyl (C=O) groups is 2. The molecule has 1 fully saturated rings. The maximum absolute atomic E-state index is 12.3. The highest BCUT2D eigenvalue weighted by molar-refractivity contribution is 7.91. The van der Waals surface area contributed by atoms with Gasteiger partial charge >= 0.3 is 6.09 Å². The predicted molar refractivity (Wildman–Crippen MR) is 91.7 cm³/mol. The molecular weight excluding hydrogens is 346 g/mol. The summed E-state index contributed by atoms with van der Waals surface area (Å²) in [5.41, 5.74) is 1.79. The van der Waals surface area contributed by atoms with Gasteiger partial charge in [0.1, 0.15) is 34.9 Å². The van der Waals surface area contributed by atoms with Gasteiger partial charge in [-0.2, -0.15) is 0 Å². The zero-order valence-electron chi connectivity index (χ0n) is 14.1. The zero-order valence-corrected chi connectivity index (χ0v) is 15.0. The largest absolute Gasteiger partial charge is 0.616 e. The minimum Gasteiger partial charge on any atom is -0.616 e. The van der Waals surface area contributed by atoms with Crippen LogP contribution in [0.4, 0.5) is 10.6 Å². The Labute approximate surface area is 148 Å². The van der Waals surface area contributed by atoms with Crippen LogP contribution in [0, 0.1) is 0 Å². The summed E-state index contributed by atoms with van der Waals surface area (Å²) in [5, 5.41) is 10.8. The number of hydrogen-bond acceptors (Lipinski definition) is 6. The molecule has 1 aromatic heterocycles. The summed E-state index contributed by atoms with van der Waals surface area (Å²) >= 11 is -0.963. The molecule has 0 aliphatic carbocycles. The first-order valence-electron chi connectivity index (χ1n) is 8.12. The fraction of sp³-hybridized carbons (Fsp3) is 0.600. The van der Waals surface area contributed by atoms with Gasteiger partial charge in [-0.1, -0.05) is 0 Å². The summed E-state index contributed by atoms with van der Waals surface area (Å²) in [7, 11) is 0. The zero-order chi connectivity index (χ0) is 18.1. The minimum atomic E-state index is -1.21. The van der Waals surface area contributed by atoms with Crippen molar-refractivity contribution in [2.24, 2.45) is 0 Å². The molecule has 0 radical (unpaired) electrons. The van der Waals surface area contributed by atoms with E-state index in [2.05, 4.69) is 20.2 Å². The summed E-state index contributed by atoms with van der Waals surface area (Å²) in [5.74, 6) is 1.03. The lowest BCUT2D eigenvalue weighted by Gasteiger charge is -2.37. The maximum Gasteiger partial charge on any atom is 0.405 e. The van der Waals surface area contributed by atoms with Gasteiger partial charge in [0.2, 0.25) is 5.91 Å². The number of amides is 2. The molecule has 0 aromatic carbocycles. The number of aromatic nitrogens is 2. The summed E-state index contributed by atoms with van der Waals surface area (Å²) in [6.07, 6.45) is 0.290. The van der Waals surface area contributed by atoms with Gasteiger partial charge in [-0.15, -0.1) is 0 Å². The van der Waals surface area contributed by atoms with Crippen molar-refractivity contribution in [3.05, 3.63) is 17.6 Å². The van der Waals surface area contributed by atoms with E-state index in [0.717, 1.165) is 17.1 Å². The molecule has 3 atom stereocenters. The second kappa shape index (κ2) is 7.04. The lowest BCUT2D eigenvalue weighted by molar-refractivity contribution is -0.133. The predicted octanol–water partition coefficient (Wildman–Crippen LogP) is 0.105. The summed E-state index contributed by atoms with van der Waals surface area (Å²) in [4.78, 5) is 35.3. The van der Waals surface area contributed by atoms with Crippen LogP contribution in [0.2, 0.25) is 0 Å². The third kappa shape index (κ3) is 3.49. The Morgan fingerprint density at radius 1 is 1.36 bits per heavy atom. The molecular formula is C15H21N5O4S. The number of nitrogens with one attached hydrogen (secondary N) is 1. The van der Waals surface area contributed by atoms with E-state index in [1.54, 1.807) is 4.90 Å². The average Bonchev–Trinajstić information content (AvgIpc) is 2.88. The second-order valence-corrected chi connectivity index (χ2v) is 7.97. The van der Waals surface area contributed by atoms with E-state index in [9.17, 15) is 14.1 Å². The molecule has 9 nitrogen and oxygen atoms in total. The monoisotopic (exact) mass is 367 g/mol. The van der Waals surface area contributed by atoms with Gasteiger partial charge < -0.3 is 24.8 Å². The molecule has 3 rings (SSSR count). The number of carbonyl (C=O) groups excluding carboxylic acids is 1. The Balaban J connectivity index is 1.67. The molecule has 0 spiro atoms. The van der Waals surface area contributed by atoms with Gasteiger partial charge in [-0.25, -0.2) is 14.8 Å². The van der Waals surface area contributed by atoms with E-state index in [1.807, 2.05) is 6.92 Å². The molecule has 0 bridgehead atoms. The van der Waals surface area contributed by atoms with Crippen molar-refractivity contribution < 1.29 is 19.2 Å². The molecule has 10 heteroatoms. The first-order valence-corrected chi connectivity index (χ1v) is 9.51. The third-order valence-electron chi connectivity index (χ3n) is 4.63. The molecule has 2 aliphatic heterocycles. The second-order valence-electron chi connectivity index (χ2n) is 6.21. The lowest BCUT2D eigenvalue weighted by Crippen LogP contribution is -2.54. The van der Waals surface area contributed by atoms with Crippen molar-refractivity contribution in [2.45, 2.75) is 30.9 Å². The maximum atomic E-state index is 12.3. The van der Waals surface area contributed by atoms with E-state index in [0.29, 0.717) is 31.9 Å². The van der Waals surface area contributed by atoms with Crippen LogP contribution in [0.25, 0.3) is 0 Å². The van der Waals surface area contributed by atoms with Crippen molar-refractivity contribution in [2.75, 3.05) is 31.1 Å². The van der Waals surface area contributed by atoms with E-state index < -0.39 is 23.3 Å². The number of anilines is 1. The number of carboxylic acid groups (broad SMARTS) is 1. The fourth-order valence-corrected chi connectivity index (χ4v) is 4.51. The van der Waals surface area contributed by atoms with Gasteiger partial charge in [-0.3, -0.25) is 4.79 Å². The smallest absolute Gasteiger partial charge is 0.405 e. The highest BCUT2D eigenvalue weighted by atomic mass is 32.2. The van der Waals surface area contributed by atoms with E-state index in [-0.39, 0.29) is 11.2 Å². The van der Waals surface area contributed by atoms with Crippen molar-refractivity contribution in [1.82, 2.24) is 20.2 Å². The van der Waals surface area contributed by atoms with Crippen LogP contribution in [-0.2, 0) is 21.7 Å². The number of nitrogens with zero attached hydrogens (tertiary/aromatic N) is 4. The van der Waals surface area contributed by atoms with Crippen LogP contribution >= 0.6 is 0 Å². The van der Waals surface area contributed by atoms with Crippen LogP contribution in [0.3, 0.4) is 0 Å².